The van der Waals surface area contributed by atoms with Crippen molar-refractivity contribution in [3.63, 3.8) is 0 Å². The third-order valence-corrected chi connectivity index (χ3v) is 4.11. The molecular formula is C18H25N3O4. The zero-order valence-electron chi connectivity index (χ0n) is 14.5. The summed E-state index contributed by atoms with van der Waals surface area (Å²) in [5.74, 6) is -0.409. The molecule has 1 fully saturated rings. The Hall–Kier alpha value is -2.57. The Morgan fingerprint density at radius 3 is 2.36 bits per heavy atom. The van der Waals surface area contributed by atoms with Crippen LogP contribution in [0.3, 0.4) is 0 Å². The smallest absolute Gasteiger partial charge is 0.410 e. The summed E-state index contributed by atoms with van der Waals surface area (Å²) < 4.78 is 5.32. The number of carbonyl (C=O) groups excluding carboxylic acids is 3. The first-order chi connectivity index (χ1) is 12.1. The van der Waals surface area contributed by atoms with E-state index in [1.54, 1.807) is 17.0 Å². The molecule has 2 rings (SSSR count). The molecule has 0 bridgehead atoms. The lowest BCUT2D eigenvalue weighted by Crippen LogP contribution is -2.45. The van der Waals surface area contributed by atoms with Gasteiger partial charge in [0, 0.05) is 26.2 Å². The van der Waals surface area contributed by atoms with Gasteiger partial charge in [-0.15, -0.1) is 0 Å². The van der Waals surface area contributed by atoms with E-state index in [9.17, 15) is 14.4 Å². The summed E-state index contributed by atoms with van der Waals surface area (Å²) in [7, 11) is 0. The van der Waals surface area contributed by atoms with Crippen LogP contribution < -0.4 is 15.4 Å². The number of hydrogen-bond donors (Lipinski definition) is 2. The number of nitrogens with one attached hydrogen (secondary N) is 2. The summed E-state index contributed by atoms with van der Waals surface area (Å²) in [5, 5.41) is 5.20. The molecule has 136 valence electrons. The molecule has 3 amide bonds. The molecule has 1 heterocycles. The molecule has 1 aromatic rings. The first-order valence-electron chi connectivity index (χ1n) is 8.68. The number of amides is 3. The van der Waals surface area contributed by atoms with Gasteiger partial charge in [0.1, 0.15) is 5.75 Å². The molecule has 0 unspecified atom stereocenters. The van der Waals surface area contributed by atoms with E-state index in [4.69, 9.17) is 4.74 Å². The van der Waals surface area contributed by atoms with Gasteiger partial charge in [0.05, 0.1) is 0 Å². The van der Waals surface area contributed by atoms with E-state index < -0.39 is 11.8 Å². The minimum absolute atomic E-state index is 0.253. The standard InChI is InChI=1S/C18H25N3O4/c1-2-10-19-16(22)17(23)20-13-14-8-11-21(12-9-14)18(24)25-15-6-4-3-5-7-15/h3-7,14H,2,8-13H2,1H3,(H,19,22)(H,20,23). The molecule has 0 aliphatic carbocycles. The summed E-state index contributed by atoms with van der Waals surface area (Å²) >= 11 is 0. The lowest BCUT2D eigenvalue weighted by Gasteiger charge is -2.31. The highest BCUT2D eigenvalue weighted by Crippen LogP contribution is 2.18. The predicted octanol–water partition coefficient (Wildman–Crippen LogP) is 1.54. The van der Waals surface area contributed by atoms with Gasteiger partial charge in [-0.3, -0.25) is 9.59 Å². The van der Waals surface area contributed by atoms with E-state index in [1.165, 1.54) is 0 Å². The Labute approximate surface area is 147 Å². The molecule has 1 aliphatic heterocycles. The molecule has 7 nitrogen and oxygen atoms in total. The number of likely N-dealkylation sites (tertiary alicyclic amines) is 1. The van der Waals surface area contributed by atoms with E-state index in [-0.39, 0.29) is 12.0 Å². The molecule has 0 spiro atoms. The van der Waals surface area contributed by atoms with Crippen LogP contribution in [0.25, 0.3) is 0 Å². The van der Waals surface area contributed by atoms with Crippen molar-refractivity contribution in [2.45, 2.75) is 26.2 Å². The van der Waals surface area contributed by atoms with E-state index in [1.807, 2.05) is 25.1 Å². The van der Waals surface area contributed by atoms with E-state index in [0.717, 1.165) is 19.3 Å². The number of para-hydroxylation sites is 1. The number of carbonyl (C=O) groups is 3. The van der Waals surface area contributed by atoms with Crippen LogP contribution in [0.4, 0.5) is 4.79 Å². The molecule has 0 atom stereocenters. The van der Waals surface area contributed by atoms with Gasteiger partial charge in [-0.1, -0.05) is 25.1 Å². The maximum atomic E-state index is 12.1. The molecule has 0 saturated carbocycles. The second-order valence-corrected chi connectivity index (χ2v) is 6.08. The van der Waals surface area contributed by atoms with Crippen molar-refractivity contribution in [1.82, 2.24) is 15.5 Å². The Bertz CT molecular complexity index is 583. The molecule has 1 saturated heterocycles. The van der Waals surface area contributed by atoms with Crippen molar-refractivity contribution in [2.24, 2.45) is 5.92 Å². The van der Waals surface area contributed by atoms with E-state index in [0.29, 0.717) is 31.9 Å². The predicted molar refractivity (Wildman–Crippen MR) is 93.1 cm³/mol. The number of nitrogens with zero attached hydrogens (tertiary/aromatic N) is 1. The van der Waals surface area contributed by atoms with Crippen molar-refractivity contribution in [3.8, 4) is 5.75 Å². The molecule has 1 aromatic carbocycles. The van der Waals surface area contributed by atoms with Crippen LogP contribution in [0, 0.1) is 5.92 Å². The van der Waals surface area contributed by atoms with Crippen LogP contribution >= 0.6 is 0 Å². The molecule has 7 heteroatoms. The van der Waals surface area contributed by atoms with Crippen molar-refractivity contribution in [1.29, 1.82) is 0 Å². The maximum Gasteiger partial charge on any atom is 0.415 e. The molecule has 25 heavy (non-hydrogen) atoms. The summed E-state index contributed by atoms with van der Waals surface area (Å²) in [6, 6.07) is 8.97. The average Bonchev–Trinajstić information content (AvgIpc) is 2.65. The summed E-state index contributed by atoms with van der Waals surface area (Å²) in [6.07, 6.45) is 1.96. The van der Waals surface area contributed by atoms with Gasteiger partial charge in [0.2, 0.25) is 0 Å². The fourth-order valence-electron chi connectivity index (χ4n) is 2.61. The first-order valence-corrected chi connectivity index (χ1v) is 8.68. The minimum atomic E-state index is -0.598. The average molecular weight is 347 g/mol. The molecule has 0 radical (unpaired) electrons. The SMILES string of the molecule is CCCNC(=O)C(=O)NCC1CCN(C(=O)Oc2ccccc2)CC1. The zero-order valence-corrected chi connectivity index (χ0v) is 14.5. The Balaban J connectivity index is 1.68. The number of piperidine rings is 1. The van der Waals surface area contributed by atoms with E-state index in [2.05, 4.69) is 10.6 Å². The van der Waals surface area contributed by atoms with Crippen LogP contribution in [-0.2, 0) is 9.59 Å². The topological polar surface area (TPSA) is 87.7 Å². The summed E-state index contributed by atoms with van der Waals surface area (Å²) in [6.45, 7) is 4.02. The zero-order chi connectivity index (χ0) is 18.1. The van der Waals surface area contributed by atoms with Gasteiger partial charge in [-0.05, 0) is 37.3 Å². The second kappa shape index (κ2) is 9.66. The fourth-order valence-corrected chi connectivity index (χ4v) is 2.61. The molecule has 2 N–H and O–H groups in total. The number of benzene rings is 1. The monoisotopic (exact) mass is 347 g/mol. The van der Waals surface area contributed by atoms with Gasteiger partial charge in [-0.25, -0.2) is 4.79 Å². The Kier molecular flexibility index (Phi) is 7.25. The Morgan fingerprint density at radius 1 is 1.08 bits per heavy atom. The fraction of sp³-hybridized carbons (Fsp3) is 0.500. The van der Waals surface area contributed by atoms with E-state index >= 15 is 0 Å². The summed E-state index contributed by atoms with van der Waals surface area (Å²) in [4.78, 5) is 36.9. The van der Waals surface area contributed by atoms with Crippen LogP contribution in [0.15, 0.2) is 30.3 Å². The molecular weight excluding hydrogens is 322 g/mol. The normalized spacial score (nSPS) is 14.7. The second-order valence-electron chi connectivity index (χ2n) is 6.08. The molecule has 1 aliphatic rings. The van der Waals surface area contributed by atoms with Crippen molar-refractivity contribution >= 4 is 17.9 Å². The first kappa shape index (κ1) is 18.8. The lowest BCUT2D eigenvalue weighted by atomic mass is 9.97. The molecule has 0 aromatic heterocycles. The largest absolute Gasteiger partial charge is 0.415 e. The highest BCUT2D eigenvalue weighted by Gasteiger charge is 2.25. The van der Waals surface area contributed by atoms with Crippen molar-refractivity contribution in [2.75, 3.05) is 26.2 Å². The van der Waals surface area contributed by atoms with Gasteiger partial charge >= 0.3 is 17.9 Å². The highest BCUT2D eigenvalue weighted by molar-refractivity contribution is 6.35. The van der Waals surface area contributed by atoms with Crippen LogP contribution in [0.2, 0.25) is 0 Å². The third-order valence-electron chi connectivity index (χ3n) is 4.11. The maximum absolute atomic E-state index is 12.1. The van der Waals surface area contributed by atoms with Crippen molar-refractivity contribution in [3.05, 3.63) is 30.3 Å². The van der Waals surface area contributed by atoms with Crippen LogP contribution in [0.5, 0.6) is 5.75 Å². The van der Waals surface area contributed by atoms with Crippen LogP contribution in [-0.4, -0.2) is 49.0 Å². The quantitative estimate of drug-likeness (QED) is 0.791. The number of hydrogen-bond acceptors (Lipinski definition) is 4. The van der Waals surface area contributed by atoms with Crippen LogP contribution in [0.1, 0.15) is 26.2 Å². The third kappa shape index (κ3) is 6.10. The number of rotatable bonds is 5. The minimum Gasteiger partial charge on any atom is -0.410 e. The van der Waals surface area contributed by atoms with Gasteiger partial charge < -0.3 is 20.3 Å². The Morgan fingerprint density at radius 2 is 1.72 bits per heavy atom. The van der Waals surface area contributed by atoms with Gasteiger partial charge in [-0.2, -0.15) is 0 Å². The lowest BCUT2D eigenvalue weighted by molar-refractivity contribution is -0.139. The van der Waals surface area contributed by atoms with Gasteiger partial charge in [0.25, 0.3) is 0 Å². The summed E-state index contributed by atoms with van der Waals surface area (Å²) in [5.41, 5.74) is 0. The highest BCUT2D eigenvalue weighted by atomic mass is 16.6. The number of ether oxygens (including phenoxy) is 1. The van der Waals surface area contributed by atoms with Crippen molar-refractivity contribution < 1.29 is 19.1 Å². The van der Waals surface area contributed by atoms with Gasteiger partial charge in [0.15, 0.2) is 0 Å².